The Morgan fingerprint density at radius 1 is 1.11 bits per heavy atom. The SMILES string of the molecule is CCCCCCCCCn1ccc2cc(-c3noc([C@@H]4CCCN4C(=O)OC(C)(C)C)n3)ccc21. The molecule has 7 nitrogen and oxygen atoms in total. The van der Waals surface area contributed by atoms with Crippen molar-refractivity contribution in [3.63, 3.8) is 0 Å². The molecule has 4 rings (SSSR count). The van der Waals surface area contributed by atoms with Crippen LogP contribution >= 0.6 is 0 Å². The van der Waals surface area contributed by atoms with E-state index in [9.17, 15) is 4.79 Å². The zero-order chi connectivity index (χ0) is 24.8. The lowest BCUT2D eigenvalue weighted by Gasteiger charge is -2.26. The summed E-state index contributed by atoms with van der Waals surface area (Å²) in [7, 11) is 0. The van der Waals surface area contributed by atoms with E-state index in [4.69, 9.17) is 9.26 Å². The van der Waals surface area contributed by atoms with Crippen molar-refractivity contribution in [3.8, 4) is 11.4 Å². The molecule has 0 saturated carbocycles. The predicted octanol–water partition coefficient (Wildman–Crippen LogP) is 7.51. The Labute approximate surface area is 208 Å². The maximum atomic E-state index is 12.6. The van der Waals surface area contributed by atoms with E-state index in [0.717, 1.165) is 24.9 Å². The molecule has 1 atom stereocenters. The zero-order valence-electron chi connectivity index (χ0n) is 21.8. The molecule has 2 aromatic heterocycles. The number of amides is 1. The first-order valence-electron chi connectivity index (χ1n) is 13.3. The van der Waals surface area contributed by atoms with Crippen molar-refractivity contribution in [1.29, 1.82) is 0 Å². The molecule has 0 spiro atoms. The lowest BCUT2D eigenvalue weighted by Crippen LogP contribution is -2.36. The number of aryl methyl sites for hydroxylation is 1. The van der Waals surface area contributed by atoms with E-state index < -0.39 is 5.60 Å². The number of hydrogen-bond acceptors (Lipinski definition) is 5. The van der Waals surface area contributed by atoms with Gasteiger partial charge in [-0.05, 0) is 64.3 Å². The molecule has 0 N–H and O–H groups in total. The van der Waals surface area contributed by atoms with Crippen molar-refractivity contribution in [1.82, 2.24) is 19.6 Å². The predicted molar refractivity (Wildman–Crippen MR) is 138 cm³/mol. The van der Waals surface area contributed by atoms with E-state index in [0.29, 0.717) is 18.3 Å². The normalized spacial score (nSPS) is 16.3. The number of nitrogens with zero attached hydrogens (tertiary/aromatic N) is 4. The van der Waals surface area contributed by atoms with Crippen molar-refractivity contribution in [2.24, 2.45) is 0 Å². The highest BCUT2D eigenvalue weighted by Gasteiger charge is 2.36. The summed E-state index contributed by atoms with van der Waals surface area (Å²) in [5.74, 6) is 1.03. The minimum Gasteiger partial charge on any atom is -0.444 e. The summed E-state index contributed by atoms with van der Waals surface area (Å²) in [6.45, 7) is 9.56. The smallest absolute Gasteiger partial charge is 0.410 e. The molecule has 1 aliphatic heterocycles. The molecule has 1 amide bonds. The van der Waals surface area contributed by atoms with Gasteiger partial charge >= 0.3 is 6.09 Å². The molecule has 7 heteroatoms. The number of carbonyl (C=O) groups is 1. The summed E-state index contributed by atoms with van der Waals surface area (Å²) >= 11 is 0. The summed E-state index contributed by atoms with van der Waals surface area (Å²) < 4.78 is 13.5. The maximum Gasteiger partial charge on any atom is 0.410 e. The van der Waals surface area contributed by atoms with Gasteiger partial charge in [-0.2, -0.15) is 4.98 Å². The highest BCUT2D eigenvalue weighted by Crippen LogP contribution is 2.33. The van der Waals surface area contributed by atoms with Gasteiger partial charge in [0.2, 0.25) is 11.7 Å². The average molecular weight is 481 g/mol. The number of unbranched alkanes of at least 4 members (excludes halogenated alkanes) is 6. The Morgan fingerprint density at radius 2 is 1.89 bits per heavy atom. The Morgan fingerprint density at radius 3 is 2.66 bits per heavy atom. The maximum absolute atomic E-state index is 12.6. The monoisotopic (exact) mass is 480 g/mol. The minimum absolute atomic E-state index is 0.238. The van der Waals surface area contributed by atoms with Crippen LogP contribution < -0.4 is 0 Å². The summed E-state index contributed by atoms with van der Waals surface area (Å²) in [6.07, 6.45) is 12.7. The van der Waals surface area contributed by atoms with E-state index >= 15 is 0 Å². The van der Waals surface area contributed by atoms with Crippen molar-refractivity contribution < 1.29 is 14.1 Å². The quantitative estimate of drug-likeness (QED) is 0.281. The van der Waals surface area contributed by atoms with Gasteiger partial charge < -0.3 is 13.8 Å². The lowest BCUT2D eigenvalue weighted by atomic mass is 10.1. The number of benzene rings is 1. The number of rotatable bonds is 10. The van der Waals surface area contributed by atoms with Gasteiger partial charge in [-0.15, -0.1) is 0 Å². The summed E-state index contributed by atoms with van der Waals surface area (Å²) in [6, 6.07) is 8.23. The topological polar surface area (TPSA) is 73.4 Å². The number of aromatic nitrogens is 3. The van der Waals surface area contributed by atoms with Gasteiger partial charge in [0.25, 0.3) is 0 Å². The number of fused-ring (bicyclic) bond motifs is 1. The molecule has 1 fully saturated rings. The van der Waals surface area contributed by atoms with Crippen LogP contribution in [0.1, 0.15) is 97.4 Å². The second kappa shape index (κ2) is 11.3. The molecule has 190 valence electrons. The second-order valence-corrected chi connectivity index (χ2v) is 10.7. The molecule has 0 aliphatic carbocycles. The summed E-state index contributed by atoms with van der Waals surface area (Å²) in [4.78, 5) is 19.0. The molecule has 3 aromatic rings. The van der Waals surface area contributed by atoms with Crippen LogP contribution in [0, 0.1) is 0 Å². The first kappa shape index (κ1) is 25.3. The highest BCUT2D eigenvalue weighted by atomic mass is 16.6. The Balaban J connectivity index is 1.39. The van der Waals surface area contributed by atoms with Crippen molar-refractivity contribution >= 4 is 17.0 Å². The van der Waals surface area contributed by atoms with Crippen LogP contribution in [0.4, 0.5) is 4.79 Å². The highest BCUT2D eigenvalue weighted by molar-refractivity contribution is 5.84. The van der Waals surface area contributed by atoms with Crippen LogP contribution in [0.25, 0.3) is 22.3 Å². The Kier molecular flexibility index (Phi) is 8.14. The second-order valence-electron chi connectivity index (χ2n) is 10.7. The van der Waals surface area contributed by atoms with Gasteiger partial charge in [-0.3, -0.25) is 4.90 Å². The van der Waals surface area contributed by atoms with Gasteiger partial charge in [-0.25, -0.2) is 4.79 Å². The van der Waals surface area contributed by atoms with Gasteiger partial charge in [0.05, 0.1) is 0 Å². The van der Waals surface area contributed by atoms with Gasteiger partial charge in [-0.1, -0.05) is 50.6 Å². The molecule has 1 aromatic carbocycles. The van der Waals surface area contributed by atoms with Crippen LogP contribution in [-0.2, 0) is 11.3 Å². The third-order valence-electron chi connectivity index (χ3n) is 6.64. The molecule has 3 heterocycles. The van der Waals surface area contributed by atoms with Gasteiger partial charge in [0, 0.05) is 35.8 Å². The molecule has 0 unspecified atom stereocenters. The van der Waals surface area contributed by atoms with E-state index in [1.54, 1.807) is 4.90 Å². The lowest BCUT2D eigenvalue weighted by molar-refractivity contribution is 0.0199. The first-order chi connectivity index (χ1) is 16.9. The van der Waals surface area contributed by atoms with Crippen LogP contribution in [0.2, 0.25) is 0 Å². The number of hydrogen-bond donors (Lipinski definition) is 0. The average Bonchev–Trinajstić information content (AvgIpc) is 3.56. The molecule has 1 aliphatic rings. The molecule has 1 saturated heterocycles. The fourth-order valence-electron chi connectivity index (χ4n) is 4.82. The van der Waals surface area contributed by atoms with Gasteiger partial charge in [0.1, 0.15) is 11.6 Å². The molecular formula is C28H40N4O3. The standard InChI is InChI=1S/C28H40N4O3/c1-5-6-7-8-9-10-11-17-31-19-16-21-20-22(14-15-23(21)31)25-29-26(35-30-25)24-13-12-18-32(24)27(33)34-28(2,3)4/h14-16,19-20,24H,5-13,17-18H2,1-4H3/t24-/m0/s1. The largest absolute Gasteiger partial charge is 0.444 e. The number of ether oxygens (including phenoxy) is 1. The fraction of sp³-hybridized carbons (Fsp3) is 0.607. The number of carbonyl (C=O) groups excluding carboxylic acids is 1. The third kappa shape index (κ3) is 6.44. The van der Waals surface area contributed by atoms with Crippen LogP contribution in [0.5, 0.6) is 0 Å². The zero-order valence-corrected chi connectivity index (χ0v) is 21.8. The summed E-state index contributed by atoms with van der Waals surface area (Å²) in [5, 5.41) is 5.41. The number of likely N-dealkylation sites (tertiary alicyclic amines) is 1. The molecular weight excluding hydrogens is 440 g/mol. The van der Waals surface area contributed by atoms with Crippen LogP contribution in [-0.4, -0.2) is 37.8 Å². The van der Waals surface area contributed by atoms with E-state index in [1.807, 2.05) is 20.8 Å². The first-order valence-corrected chi connectivity index (χ1v) is 13.3. The van der Waals surface area contributed by atoms with Crippen molar-refractivity contribution in [2.45, 2.75) is 104 Å². The minimum atomic E-state index is -0.537. The van der Waals surface area contributed by atoms with Gasteiger partial charge in [0.15, 0.2) is 0 Å². The van der Waals surface area contributed by atoms with E-state index in [-0.39, 0.29) is 12.1 Å². The van der Waals surface area contributed by atoms with E-state index in [2.05, 4.69) is 52.1 Å². The molecule has 0 radical (unpaired) electrons. The molecule has 0 bridgehead atoms. The van der Waals surface area contributed by atoms with E-state index in [1.165, 1.54) is 55.8 Å². The van der Waals surface area contributed by atoms with Crippen molar-refractivity contribution in [3.05, 3.63) is 36.4 Å². The van der Waals surface area contributed by atoms with Crippen LogP contribution in [0.15, 0.2) is 35.0 Å². The summed E-state index contributed by atoms with van der Waals surface area (Å²) in [5.41, 5.74) is 1.61. The third-order valence-corrected chi connectivity index (χ3v) is 6.64. The fourth-order valence-corrected chi connectivity index (χ4v) is 4.82. The van der Waals surface area contributed by atoms with Crippen molar-refractivity contribution in [2.75, 3.05) is 6.54 Å². The Bertz CT molecular complexity index is 1110. The van der Waals surface area contributed by atoms with Crippen LogP contribution in [0.3, 0.4) is 0 Å². The molecule has 35 heavy (non-hydrogen) atoms. The Hall–Kier alpha value is -2.83.